The van der Waals surface area contributed by atoms with Crippen molar-refractivity contribution >= 4 is 21.6 Å². The van der Waals surface area contributed by atoms with Crippen LogP contribution in [0.1, 0.15) is 19.8 Å². The van der Waals surface area contributed by atoms with Gasteiger partial charge in [-0.1, -0.05) is 0 Å². The van der Waals surface area contributed by atoms with Crippen LogP contribution in [0.25, 0.3) is 0 Å². The number of ether oxygens (including phenoxy) is 2. The van der Waals surface area contributed by atoms with Gasteiger partial charge in [0.2, 0.25) is 15.9 Å². The van der Waals surface area contributed by atoms with Crippen LogP contribution >= 0.6 is 0 Å². The molecule has 8 heteroatoms. The van der Waals surface area contributed by atoms with Crippen LogP contribution in [-0.4, -0.2) is 53.0 Å². The molecule has 0 spiro atoms. The largest absolute Gasteiger partial charge is 0.497 e. The van der Waals surface area contributed by atoms with Gasteiger partial charge in [0.15, 0.2) is 0 Å². The van der Waals surface area contributed by atoms with Crippen molar-refractivity contribution in [2.75, 3.05) is 30.8 Å². The Hall–Kier alpha value is -1.80. The van der Waals surface area contributed by atoms with Crippen LogP contribution in [0, 0.1) is 0 Å². The number of anilines is 1. The van der Waals surface area contributed by atoms with Gasteiger partial charge in [-0.15, -0.1) is 0 Å². The van der Waals surface area contributed by atoms with Crippen LogP contribution in [0.5, 0.6) is 5.75 Å². The third kappa shape index (κ3) is 4.61. The molecule has 0 aromatic heterocycles. The zero-order chi connectivity index (χ0) is 17.7. The van der Waals surface area contributed by atoms with E-state index >= 15 is 0 Å². The molecule has 1 N–H and O–H groups in total. The molecule has 1 heterocycles. The molecule has 0 unspecified atom stereocenters. The molecule has 1 fully saturated rings. The molecule has 134 valence electrons. The van der Waals surface area contributed by atoms with E-state index < -0.39 is 16.1 Å². The highest BCUT2D eigenvalue weighted by Crippen LogP contribution is 2.23. The number of hydrogen-bond donors (Lipinski definition) is 1. The van der Waals surface area contributed by atoms with Crippen molar-refractivity contribution in [3.8, 4) is 5.75 Å². The number of benzene rings is 1. The van der Waals surface area contributed by atoms with Crippen molar-refractivity contribution in [3.63, 3.8) is 0 Å². The molecule has 24 heavy (non-hydrogen) atoms. The third-order valence-corrected chi connectivity index (χ3v) is 5.19. The molecule has 1 amide bonds. The van der Waals surface area contributed by atoms with E-state index in [1.807, 2.05) is 0 Å². The van der Waals surface area contributed by atoms with E-state index in [0.717, 1.165) is 23.4 Å². The van der Waals surface area contributed by atoms with Crippen molar-refractivity contribution in [3.05, 3.63) is 24.3 Å². The maximum absolute atomic E-state index is 12.4. The molecule has 0 saturated carbocycles. The summed E-state index contributed by atoms with van der Waals surface area (Å²) in [5, 5.41) is 2.77. The zero-order valence-corrected chi connectivity index (χ0v) is 15.0. The first-order valence-electron chi connectivity index (χ1n) is 7.85. The summed E-state index contributed by atoms with van der Waals surface area (Å²) in [7, 11) is -2.09. The van der Waals surface area contributed by atoms with Crippen LogP contribution < -0.4 is 14.4 Å². The van der Waals surface area contributed by atoms with Crippen molar-refractivity contribution in [1.82, 2.24) is 5.32 Å². The third-order valence-electron chi connectivity index (χ3n) is 3.94. The summed E-state index contributed by atoms with van der Waals surface area (Å²) >= 11 is 0. The lowest BCUT2D eigenvalue weighted by molar-refractivity contribution is -0.122. The Balaban J connectivity index is 2.12. The summed E-state index contributed by atoms with van der Waals surface area (Å²) < 4.78 is 36.0. The van der Waals surface area contributed by atoms with Crippen molar-refractivity contribution in [1.29, 1.82) is 0 Å². The number of amides is 1. The van der Waals surface area contributed by atoms with Gasteiger partial charge in [-0.3, -0.25) is 9.10 Å². The van der Waals surface area contributed by atoms with Gasteiger partial charge in [-0.2, -0.15) is 0 Å². The standard InChI is InChI=1S/C16H24N2O5S/c1-12(16(19)17-11-15-5-4-10-23-15)18(24(3,20)21)13-6-8-14(22-2)9-7-13/h6-9,12,15H,4-5,10-11H2,1-3H3,(H,17,19)/t12-,15+/m1/s1. The summed E-state index contributed by atoms with van der Waals surface area (Å²) in [4.78, 5) is 12.4. The second kappa shape index (κ2) is 7.85. The molecule has 1 aliphatic rings. The predicted octanol–water partition coefficient (Wildman–Crippen LogP) is 1.14. The van der Waals surface area contributed by atoms with E-state index in [-0.39, 0.29) is 12.0 Å². The van der Waals surface area contributed by atoms with Gasteiger partial charge in [0.25, 0.3) is 0 Å². The normalized spacial score (nSPS) is 18.9. The van der Waals surface area contributed by atoms with E-state index in [0.29, 0.717) is 24.6 Å². The molecular formula is C16H24N2O5S. The summed E-state index contributed by atoms with van der Waals surface area (Å²) in [5.74, 6) is 0.259. The number of nitrogens with one attached hydrogen (secondary N) is 1. The molecule has 0 radical (unpaired) electrons. The molecule has 0 aliphatic carbocycles. The topological polar surface area (TPSA) is 84.9 Å². The average Bonchev–Trinajstić information content (AvgIpc) is 3.05. The van der Waals surface area contributed by atoms with Gasteiger partial charge in [-0.25, -0.2) is 8.42 Å². The van der Waals surface area contributed by atoms with Crippen LogP contribution in [0.4, 0.5) is 5.69 Å². The molecule has 1 aromatic carbocycles. The van der Waals surface area contributed by atoms with Crippen LogP contribution in [0.3, 0.4) is 0 Å². The van der Waals surface area contributed by atoms with Crippen molar-refractivity contribution in [2.45, 2.75) is 31.9 Å². The van der Waals surface area contributed by atoms with E-state index in [1.54, 1.807) is 31.2 Å². The fourth-order valence-corrected chi connectivity index (χ4v) is 3.88. The van der Waals surface area contributed by atoms with Crippen molar-refractivity contribution in [2.24, 2.45) is 0 Å². The Morgan fingerprint density at radius 3 is 2.58 bits per heavy atom. The highest BCUT2D eigenvalue weighted by molar-refractivity contribution is 7.92. The smallest absolute Gasteiger partial charge is 0.243 e. The molecule has 7 nitrogen and oxygen atoms in total. The molecule has 2 atom stereocenters. The van der Waals surface area contributed by atoms with Gasteiger partial charge in [0.05, 0.1) is 25.2 Å². The number of hydrogen-bond acceptors (Lipinski definition) is 5. The van der Waals surface area contributed by atoms with Crippen molar-refractivity contribution < 1.29 is 22.7 Å². The fraction of sp³-hybridized carbons (Fsp3) is 0.562. The summed E-state index contributed by atoms with van der Waals surface area (Å²) in [6.45, 7) is 2.66. The van der Waals surface area contributed by atoms with Crippen LogP contribution in [0.2, 0.25) is 0 Å². The molecule has 1 aromatic rings. The molecule has 1 aliphatic heterocycles. The SMILES string of the molecule is COc1ccc(N([C@H](C)C(=O)NC[C@@H]2CCCO2)S(C)(=O)=O)cc1. The quantitative estimate of drug-likeness (QED) is 0.792. The summed E-state index contributed by atoms with van der Waals surface area (Å²) in [5.41, 5.74) is 0.415. The minimum atomic E-state index is -3.62. The van der Waals surface area contributed by atoms with E-state index in [4.69, 9.17) is 9.47 Å². The Labute approximate surface area is 143 Å². The second-order valence-corrected chi connectivity index (χ2v) is 7.67. The lowest BCUT2D eigenvalue weighted by atomic mass is 10.2. The van der Waals surface area contributed by atoms with E-state index in [1.165, 1.54) is 7.11 Å². The Morgan fingerprint density at radius 2 is 2.08 bits per heavy atom. The average molecular weight is 356 g/mol. The number of rotatable bonds is 7. The molecule has 1 saturated heterocycles. The number of carbonyl (C=O) groups excluding carboxylic acids is 1. The van der Waals surface area contributed by atoms with Crippen LogP contribution in [-0.2, 0) is 19.6 Å². The number of carbonyl (C=O) groups is 1. The van der Waals surface area contributed by atoms with Gasteiger partial charge >= 0.3 is 0 Å². The Morgan fingerprint density at radius 1 is 1.42 bits per heavy atom. The highest BCUT2D eigenvalue weighted by atomic mass is 32.2. The van der Waals surface area contributed by atoms with Gasteiger partial charge in [0, 0.05) is 13.2 Å². The first kappa shape index (κ1) is 18.5. The van der Waals surface area contributed by atoms with E-state index in [2.05, 4.69) is 5.32 Å². The molecule has 2 rings (SSSR count). The first-order chi connectivity index (χ1) is 11.3. The summed E-state index contributed by atoms with van der Waals surface area (Å²) in [6.07, 6.45) is 2.98. The maximum atomic E-state index is 12.4. The van der Waals surface area contributed by atoms with Gasteiger partial charge in [0.1, 0.15) is 11.8 Å². The molecular weight excluding hydrogens is 332 g/mol. The number of methoxy groups -OCH3 is 1. The monoisotopic (exact) mass is 356 g/mol. The fourth-order valence-electron chi connectivity index (χ4n) is 2.71. The van der Waals surface area contributed by atoms with Gasteiger partial charge in [-0.05, 0) is 44.0 Å². The summed E-state index contributed by atoms with van der Waals surface area (Å²) in [6, 6.07) is 5.68. The second-order valence-electron chi connectivity index (χ2n) is 5.81. The minimum Gasteiger partial charge on any atom is -0.497 e. The first-order valence-corrected chi connectivity index (χ1v) is 9.70. The lowest BCUT2D eigenvalue weighted by Crippen LogP contribution is -2.49. The number of nitrogens with zero attached hydrogens (tertiary/aromatic N) is 1. The lowest BCUT2D eigenvalue weighted by Gasteiger charge is -2.28. The zero-order valence-electron chi connectivity index (χ0n) is 14.2. The Kier molecular flexibility index (Phi) is 6.06. The minimum absolute atomic E-state index is 0.00817. The van der Waals surface area contributed by atoms with Gasteiger partial charge < -0.3 is 14.8 Å². The highest BCUT2D eigenvalue weighted by Gasteiger charge is 2.29. The van der Waals surface area contributed by atoms with E-state index in [9.17, 15) is 13.2 Å². The number of sulfonamides is 1. The predicted molar refractivity (Wildman–Crippen MR) is 91.8 cm³/mol. The molecule has 0 bridgehead atoms. The Bertz CT molecular complexity index is 654. The maximum Gasteiger partial charge on any atom is 0.243 e. The van der Waals surface area contributed by atoms with Crippen LogP contribution in [0.15, 0.2) is 24.3 Å².